The first-order chi connectivity index (χ1) is 7.50. The number of carbonyl (C=O) groups is 1. The van der Waals surface area contributed by atoms with Crippen LogP contribution in [0.25, 0.3) is 0 Å². The molecule has 3 nitrogen and oxygen atoms in total. The Hall–Kier alpha value is -1.65. The number of nitrogen functional groups attached to an aromatic ring is 1. The number of rotatable bonds is 4. The minimum Gasteiger partial charge on any atom is -0.459 e. The molecule has 1 unspecified atom stereocenters. The molecule has 0 heterocycles. The molecular formula is C11H13F2NO2. The van der Waals surface area contributed by atoms with Gasteiger partial charge in [-0.2, -0.15) is 0 Å². The van der Waals surface area contributed by atoms with E-state index < -0.39 is 24.9 Å². The van der Waals surface area contributed by atoms with Crippen LogP contribution < -0.4 is 5.73 Å². The summed E-state index contributed by atoms with van der Waals surface area (Å²) < 4.78 is 28.1. The first kappa shape index (κ1) is 12.4. The van der Waals surface area contributed by atoms with Gasteiger partial charge in [0.05, 0.1) is 5.92 Å². The van der Waals surface area contributed by atoms with Crippen molar-refractivity contribution in [2.24, 2.45) is 0 Å². The second-order valence-corrected chi connectivity index (χ2v) is 3.41. The Balaban J connectivity index is 2.63. The summed E-state index contributed by atoms with van der Waals surface area (Å²) in [6, 6.07) is 6.70. The molecule has 0 bridgehead atoms. The molecule has 0 amide bonds. The van der Waals surface area contributed by atoms with Crippen molar-refractivity contribution in [2.75, 3.05) is 12.3 Å². The fourth-order valence-electron chi connectivity index (χ4n) is 1.23. The predicted molar refractivity (Wildman–Crippen MR) is 56.2 cm³/mol. The SMILES string of the molecule is CC(C(=O)OCC(F)F)c1cccc(N)c1. The Kier molecular flexibility index (Phi) is 4.22. The summed E-state index contributed by atoms with van der Waals surface area (Å²) in [4.78, 5) is 11.4. The maximum Gasteiger partial charge on any atom is 0.313 e. The zero-order valence-corrected chi connectivity index (χ0v) is 8.82. The number of benzene rings is 1. The van der Waals surface area contributed by atoms with Gasteiger partial charge in [0.25, 0.3) is 6.43 Å². The van der Waals surface area contributed by atoms with E-state index >= 15 is 0 Å². The van der Waals surface area contributed by atoms with Gasteiger partial charge < -0.3 is 10.5 Å². The minimum atomic E-state index is -2.64. The number of hydrogen-bond donors (Lipinski definition) is 1. The van der Waals surface area contributed by atoms with Crippen molar-refractivity contribution in [3.05, 3.63) is 29.8 Å². The molecule has 0 aliphatic rings. The average Bonchev–Trinajstić information content (AvgIpc) is 2.24. The smallest absolute Gasteiger partial charge is 0.313 e. The van der Waals surface area contributed by atoms with Crippen molar-refractivity contribution in [1.82, 2.24) is 0 Å². The molecule has 16 heavy (non-hydrogen) atoms. The van der Waals surface area contributed by atoms with Crippen molar-refractivity contribution >= 4 is 11.7 Å². The first-order valence-electron chi connectivity index (χ1n) is 4.81. The molecule has 0 spiro atoms. The second kappa shape index (κ2) is 5.44. The van der Waals surface area contributed by atoms with E-state index in [2.05, 4.69) is 4.74 Å². The van der Waals surface area contributed by atoms with Gasteiger partial charge in [-0.05, 0) is 24.6 Å². The summed E-state index contributed by atoms with van der Waals surface area (Å²) in [6.45, 7) is 0.716. The van der Waals surface area contributed by atoms with Crippen LogP contribution in [-0.2, 0) is 9.53 Å². The number of esters is 1. The Labute approximate surface area is 92.2 Å². The predicted octanol–water partition coefficient (Wildman–Crippen LogP) is 2.18. The van der Waals surface area contributed by atoms with E-state index in [1.165, 1.54) is 0 Å². The van der Waals surface area contributed by atoms with Gasteiger partial charge in [-0.1, -0.05) is 12.1 Å². The monoisotopic (exact) mass is 229 g/mol. The number of carbonyl (C=O) groups excluding carboxylic acids is 1. The van der Waals surface area contributed by atoms with Gasteiger partial charge in [0.1, 0.15) is 0 Å². The lowest BCUT2D eigenvalue weighted by Gasteiger charge is -2.11. The summed E-state index contributed by atoms with van der Waals surface area (Å²) in [5, 5.41) is 0. The molecule has 0 fully saturated rings. The van der Waals surface area contributed by atoms with Gasteiger partial charge in [0, 0.05) is 5.69 Å². The van der Waals surface area contributed by atoms with Crippen molar-refractivity contribution in [2.45, 2.75) is 19.3 Å². The minimum absolute atomic E-state index is 0.519. The molecule has 1 rings (SSSR count). The topological polar surface area (TPSA) is 52.3 Å². The lowest BCUT2D eigenvalue weighted by atomic mass is 10.0. The number of alkyl halides is 2. The molecule has 0 aliphatic carbocycles. The first-order valence-corrected chi connectivity index (χ1v) is 4.81. The van der Waals surface area contributed by atoms with Crippen molar-refractivity contribution in [3.63, 3.8) is 0 Å². The van der Waals surface area contributed by atoms with Crippen molar-refractivity contribution in [1.29, 1.82) is 0 Å². The van der Waals surface area contributed by atoms with E-state index in [4.69, 9.17) is 5.73 Å². The van der Waals surface area contributed by atoms with Crippen LogP contribution in [-0.4, -0.2) is 19.0 Å². The van der Waals surface area contributed by atoms with Gasteiger partial charge in [0.15, 0.2) is 6.61 Å². The molecule has 1 aromatic carbocycles. The number of nitrogens with two attached hydrogens (primary N) is 1. The molecule has 5 heteroatoms. The summed E-state index contributed by atoms with van der Waals surface area (Å²) in [6.07, 6.45) is -2.64. The van der Waals surface area contributed by atoms with E-state index in [0.717, 1.165) is 0 Å². The fourth-order valence-corrected chi connectivity index (χ4v) is 1.23. The average molecular weight is 229 g/mol. The molecule has 0 aromatic heterocycles. The van der Waals surface area contributed by atoms with Crippen LogP contribution in [0.4, 0.5) is 14.5 Å². The highest BCUT2D eigenvalue weighted by Gasteiger charge is 2.18. The fraction of sp³-hybridized carbons (Fsp3) is 0.364. The largest absolute Gasteiger partial charge is 0.459 e. The van der Waals surface area contributed by atoms with Gasteiger partial charge in [0.2, 0.25) is 0 Å². The van der Waals surface area contributed by atoms with Gasteiger partial charge in [-0.15, -0.1) is 0 Å². The maximum atomic E-state index is 11.8. The van der Waals surface area contributed by atoms with E-state index in [-0.39, 0.29) is 0 Å². The highest BCUT2D eigenvalue weighted by atomic mass is 19.3. The second-order valence-electron chi connectivity index (χ2n) is 3.41. The van der Waals surface area contributed by atoms with E-state index in [1.54, 1.807) is 31.2 Å². The Morgan fingerprint density at radius 2 is 2.19 bits per heavy atom. The zero-order valence-electron chi connectivity index (χ0n) is 8.82. The summed E-state index contributed by atoms with van der Waals surface area (Å²) in [7, 11) is 0. The van der Waals surface area contributed by atoms with Crippen LogP contribution in [0.15, 0.2) is 24.3 Å². The highest BCUT2D eigenvalue weighted by molar-refractivity contribution is 5.78. The third-order valence-electron chi connectivity index (χ3n) is 2.12. The Morgan fingerprint density at radius 1 is 1.50 bits per heavy atom. The number of ether oxygens (including phenoxy) is 1. The number of halogens is 2. The normalized spacial score (nSPS) is 12.5. The third kappa shape index (κ3) is 3.49. The van der Waals surface area contributed by atoms with Gasteiger partial charge >= 0.3 is 5.97 Å². The van der Waals surface area contributed by atoms with Crippen LogP contribution in [0, 0.1) is 0 Å². The standard InChI is InChI=1S/C11H13F2NO2/c1-7(11(15)16-6-10(12)13)8-3-2-4-9(14)5-8/h2-5,7,10H,6,14H2,1H3. The Morgan fingerprint density at radius 3 is 2.75 bits per heavy atom. The van der Waals surface area contributed by atoms with Crippen LogP contribution >= 0.6 is 0 Å². The maximum absolute atomic E-state index is 11.8. The van der Waals surface area contributed by atoms with E-state index in [1.807, 2.05) is 0 Å². The van der Waals surface area contributed by atoms with Crippen LogP contribution in [0.3, 0.4) is 0 Å². The molecule has 0 radical (unpaired) electrons. The number of anilines is 1. The van der Waals surface area contributed by atoms with Gasteiger partial charge in [-0.3, -0.25) is 4.79 Å². The lowest BCUT2D eigenvalue weighted by molar-refractivity contribution is -0.149. The molecular weight excluding hydrogens is 216 g/mol. The Bertz CT molecular complexity index is 369. The molecule has 2 N–H and O–H groups in total. The van der Waals surface area contributed by atoms with Crippen molar-refractivity contribution < 1.29 is 18.3 Å². The van der Waals surface area contributed by atoms with E-state index in [9.17, 15) is 13.6 Å². The zero-order chi connectivity index (χ0) is 12.1. The quantitative estimate of drug-likeness (QED) is 0.636. The van der Waals surface area contributed by atoms with Gasteiger partial charge in [-0.25, -0.2) is 8.78 Å². The highest BCUT2D eigenvalue weighted by Crippen LogP contribution is 2.19. The third-order valence-corrected chi connectivity index (χ3v) is 2.12. The lowest BCUT2D eigenvalue weighted by Crippen LogP contribution is -2.17. The van der Waals surface area contributed by atoms with Crippen LogP contribution in [0.2, 0.25) is 0 Å². The molecule has 0 saturated carbocycles. The summed E-state index contributed by atoms with van der Waals surface area (Å²) in [5.41, 5.74) is 6.72. The summed E-state index contributed by atoms with van der Waals surface area (Å²) in [5.74, 6) is -1.27. The molecule has 0 saturated heterocycles. The molecule has 88 valence electrons. The van der Waals surface area contributed by atoms with E-state index in [0.29, 0.717) is 11.3 Å². The van der Waals surface area contributed by atoms with Crippen molar-refractivity contribution in [3.8, 4) is 0 Å². The summed E-state index contributed by atoms with van der Waals surface area (Å²) >= 11 is 0. The number of hydrogen-bond acceptors (Lipinski definition) is 3. The molecule has 1 atom stereocenters. The van der Waals surface area contributed by atoms with Crippen LogP contribution in [0.5, 0.6) is 0 Å². The molecule has 0 aliphatic heterocycles. The molecule has 1 aromatic rings. The van der Waals surface area contributed by atoms with Crippen LogP contribution in [0.1, 0.15) is 18.4 Å².